The number of carbonyl (C=O) groups excluding carboxylic acids is 1. The lowest BCUT2D eigenvalue weighted by molar-refractivity contribution is 0.0466. The van der Waals surface area contributed by atoms with Crippen molar-refractivity contribution >= 4 is 28.2 Å². The van der Waals surface area contributed by atoms with E-state index in [1.54, 1.807) is 29.7 Å². The van der Waals surface area contributed by atoms with E-state index in [9.17, 15) is 4.79 Å². The van der Waals surface area contributed by atoms with Crippen LogP contribution in [0.2, 0.25) is 0 Å². The van der Waals surface area contributed by atoms with E-state index in [1.807, 2.05) is 41.8 Å². The zero-order valence-corrected chi connectivity index (χ0v) is 13.3. The predicted molar refractivity (Wildman–Crippen MR) is 90.7 cm³/mol. The molecule has 0 aliphatic heterocycles. The zero-order valence-electron chi connectivity index (χ0n) is 12.5. The maximum Gasteiger partial charge on any atom is 0.340 e. The van der Waals surface area contributed by atoms with Gasteiger partial charge in [0, 0.05) is 17.6 Å². The Morgan fingerprint density at radius 2 is 2.08 bits per heavy atom. The average molecular weight is 336 g/mol. The molecule has 0 spiro atoms. The Balaban J connectivity index is 1.50. The molecule has 0 unspecified atom stereocenters. The number of carbonyl (C=O) groups is 1. The fraction of sp³-hybridized carbons (Fsp3) is 0.0556. The van der Waals surface area contributed by atoms with Crippen molar-refractivity contribution in [3.05, 3.63) is 71.4 Å². The normalized spacial score (nSPS) is 10.8. The summed E-state index contributed by atoms with van der Waals surface area (Å²) in [5.74, 6) is 0.239. The lowest BCUT2D eigenvalue weighted by atomic mass is 10.1. The summed E-state index contributed by atoms with van der Waals surface area (Å²) in [6.07, 6.45) is 1.66. The molecular formula is C18H12N2O3S. The number of para-hydroxylation sites is 1. The maximum absolute atomic E-state index is 12.3. The molecule has 0 N–H and O–H groups in total. The molecule has 24 heavy (non-hydrogen) atoms. The summed E-state index contributed by atoms with van der Waals surface area (Å²) >= 11 is 1.56. The van der Waals surface area contributed by atoms with E-state index in [0.29, 0.717) is 22.5 Å². The Labute approximate surface area is 141 Å². The zero-order chi connectivity index (χ0) is 16.4. The Hall–Kier alpha value is -2.99. The number of ether oxygens (including phenoxy) is 1. The van der Waals surface area contributed by atoms with Crippen LogP contribution in [0, 0.1) is 0 Å². The molecule has 5 nitrogen and oxygen atoms in total. The third-order valence-electron chi connectivity index (χ3n) is 3.53. The summed E-state index contributed by atoms with van der Waals surface area (Å²) < 4.78 is 10.6. The van der Waals surface area contributed by atoms with E-state index in [-0.39, 0.29) is 6.61 Å². The first-order valence-corrected chi connectivity index (χ1v) is 8.19. The fourth-order valence-corrected chi connectivity index (χ4v) is 3.07. The summed E-state index contributed by atoms with van der Waals surface area (Å²) in [4.78, 5) is 17.6. The Kier molecular flexibility index (Phi) is 3.80. The molecule has 3 aromatic heterocycles. The minimum absolute atomic E-state index is 0.0525. The van der Waals surface area contributed by atoms with Crippen molar-refractivity contribution in [2.45, 2.75) is 6.61 Å². The lowest BCUT2D eigenvalue weighted by Crippen LogP contribution is -2.06. The van der Waals surface area contributed by atoms with Crippen LogP contribution in [-0.4, -0.2) is 16.1 Å². The van der Waals surface area contributed by atoms with E-state index >= 15 is 0 Å². The third-order valence-corrected chi connectivity index (χ3v) is 4.41. The molecule has 0 aliphatic rings. The van der Waals surface area contributed by atoms with E-state index in [1.165, 1.54) is 0 Å². The molecule has 0 atom stereocenters. The van der Waals surface area contributed by atoms with Gasteiger partial charge in [0.2, 0.25) is 0 Å². The first kappa shape index (κ1) is 14.6. The molecule has 0 bridgehead atoms. The number of hydrogen-bond acceptors (Lipinski definition) is 6. The highest BCUT2D eigenvalue weighted by atomic mass is 32.1. The Morgan fingerprint density at radius 3 is 2.96 bits per heavy atom. The summed E-state index contributed by atoms with van der Waals surface area (Å²) in [6, 6.07) is 14.8. The van der Waals surface area contributed by atoms with Crippen LogP contribution in [0.5, 0.6) is 0 Å². The molecule has 0 fully saturated rings. The number of esters is 1. The van der Waals surface area contributed by atoms with Gasteiger partial charge in [-0.15, -0.1) is 11.3 Å². The average Bonchev–Trinajstić information content (AvgIpc) is 3.30. The Bertz CT molecular complexity index is 987. The second kappa shape index (κ2) is 6.25. The monoisotopic (exact) mass is 336 g/mol. The number of hydrogen-bond donors (Lipinski definition) is 0. The van der Waals surface area contributed by atoms with Gasteiger partial charge in [0.05, 0.1) is 16.0 Å². The predicted octanol–water partition coefficient (Wildman–Crippen LogP) is 4.31. The largest absolute Gasteiger partial charge is 0.455 e. The molecule has 0 radical (unpaired) electrons. The summed E-state index contributed by atoms with van der Waals surface area (Å²) in [7, 11) is 0. The number of fused-ring (bicyclic) bond motifs is 1. The molecule has 4 aromatic rings. The van der Waals surface area contributed by atoms with E-state index in [4.69, 9.17) is 9.26 Å². The Morgan fingerprint density at radius 1 is 1.17 bits per heavy atom. The molecule has 0 saturated carbocycles. The second-order valence-electron chi connectivity index (χ2n) is 5.12. The van der Waals surface area contributed by atoms with Crippen LogP contribution < -0.4 is 0 Å². The van der Waals surface area contributed by atoms with Crippen LogP contribution in [0.1, 0.15) is 16.1 Å². The van der Waals surface area contributed by atoms with Gasteiger partial charge in [0.15, 0.2) is 5.76 Å². The topological polar surface area (TPSA) is 65.2 Å². The van der Waals surface area contributed by atoms with Gasteiger partial charge in [-0.3, -0.25) is 4.98 Å². The van der Waals surface area contributed by atoms with Crippen LogP contribution in [0.25, 0.3) is 21.5 Å². The van der Waals surface area contributed by atoms with Gasteiger partial charge in [-0.25, -0.2) is 4.79 Å². The molecule has 6 heteroatoms. The first-order valence-electron chi connectivity index (χ1n) is 7.31. The number of rotatable bonds is 4. The number of thiophene rings is 1. The van der Waals surface area contributed by atoms with Gasteiger partial charge in [-0.1, -0.05) is 29.4 Å². The van der Waals surface area contributed by atoms with Gasteiger partial charge in [0.25, 0.3) is 0 Å². The van der Waals surface area contributed by atoms with Crippen LogP contribution in [0.3, 0.4) is 0 Å². The minimum atomic E-state index is -0.431. The molecule has 0 aliphatic carbocycles. The highest BCUT2D eigenvalue weighted by molar-refractivity contribution is 7.13. The van der Waals surface area contributed by atoms with Gasteiger partial charge in [0.1, 0.15) is 12.3 Å². The number of benzene rings is 1. The highest BCUT2D eigenvalue weighted by Gasteiger charge is 2.14. The minimum Gasteiger partial charge on any atom is -0.455 e. The van der Waals surface area contributed by atoms with Crippen molar-refractivity contribution in [1.82, 2.24) is 10.1 Å². The van der Waals surface area contributed by atoms with Crippen molar-refractivity contribution in [2.24, 2.45) is 0 Å². The van der Waals surface area contributed by atoms with Crippen molar-refractivity contribution in [1.29, 1.82) is 0 Å². The van der Waals surface area contributed by atoms with Gasteiger partial charge in [-0.2, -0.15) is 0 Å². The summed E-state index contributed by atoms with van der Waals surface area (Å²) in [6.45, 7) is 0.0525. The molecule has 4 rings (SSSR count). The number of pyridine rings is 1. The maximum atomic E-state index is 12.3. The quantitative estimate of drug-likeness (QED) is 0.520. The molecule has 3 heterocycles. The lowest BCUT2D eigenvalue weighted by Gasteiger charge is -2.05. The van der Waals surface area contributed by atoms with E-state index in [2.05, 4.69) is 10.1 Å². The van der Waals surface area contributed by atoms with Crippen molar-refractivity contribution < 1.29 is 14.1 Å². The molecule has 0 saturated heterocycles. The smallest absolute Gasteiger partial charge is 0.340 e. The second-order valence-corrected chi connectivity index (χ2v) is 6.06. The summed E-state index contributed by atoms with van der Waals surface area (Å²) in [5.41, 5.74) is 1.64. The molecule has 0 amide bonds. The summed E-state index contributed by atoms with van der Waals surface area (Å²) in [5, 5.41) is 6.80. The highest BCUT2D eigenvalue weighted by Crippen LogP contribution is 2.25. The van der Waals surface area contributed by atoms with E-state index < -0.39 is 5.97 Å². The van der Waals surface area contributed by atoms with Gasteiger partial charge in [-0.05, 0) is 23.6 Å². The van der Waals surface area contributed by atoms with Crippen LogP contribution in [0.15, 0.2) is 64.6 Å². The van der Waals surface area contributed by atoms with Gasteiger partial charge >= 0.3 is 5.97 Å². The molecular weight excluding hydrogens is 324 g/mol. The SMILES string of the molecule is O=C(OCc1cc(-c2cccs2)on1)c1cccc2cccnc12. The first-order chi connectivity index (χ1) is 11.8. The van der Waals surface area contributed by atoms with E-state index in [0.717, 1.165) is 10.3 Å². The number of aromatic nitrogens is 2. The third kappa shape index (κ3) is 2.79. The standard InChI is InChI=1S/C18H12N2O3S/c21-18(14-6-1-4-12-5-2-8-19-17(12)14)22-11-13-10-15(23-20-13)16-7-3-9-24-16/h1-10H,11H2. The molecule has 1 aromatic carbocycles. The van der Waals surface area contributed by atoms with Gasteiger partial charge < -0.3 is 9.26 Å². The van der Waals surface area contributed by atoms with Crippen LogP contribution >= 0.6 is 11.3 Å². The van der Waals surface area contributed by atoms with Crippen molar-refractivity contribution in [3.63, 3.8) is 0 Å². The fourth-order valence-electron chi connectivity index (χ4n) is 2.40. The van der Waals surface area contributed by atoms with Crippen molar-refractivity contribution in [2.75, 3.05) is 0 Å². The van der Waals surface area contributed by atoms with Crippen molar-refractivity contribution in [3.8, 4) is 10.6 Å². The van der Waals surface area contributed by atoms with Crippen LogP contribution in [0.4, 0.5) is 0 Å². The molecule has 118 valence electrons. The number of nitrogens with zero attached hydrogens (tertiary/aromatic N) is 2. The van der Waals surface area contributed by atoms with Crippen LogP contribution in [-0.2, 0) is 11.3 Å².